The molecule has 70 valence electrons. The van der Waals surface area contributed by atoms with Gasteiger partial charge in [-0.25, -0.2) is 0 Å². The normalized spacial score (nSPS) is 47.0. The fourth-order valence-corrected chi connectivity index (χ4v) is 2.14. The van der Waals surface area contributed by atoms with E-state index in [9.17, 15) is 13.2 Å². The molecule has 0 saturated carbocycles. The Bertz CT molecular complexity index is 192. The van der Waals surface area contributed by atoms with Crippen molar-refractivity contribution in [2.24, 2.45) is 11.7 Å². The van der Waals surface area contributed by atoms with Crippen molar-refractivity contribution in [2.75, 3.05) is 0 Å². The Morgan fingerprint density at radius 1 is 1.17 bits per heavy atom. The Morgan fingerprint density at radius 2 is 1.75 bits per heavy atom. The van der Waals surface area contributed by atoms with Gasteiger partial charge < -0.3 is 10.5 Å². The maximum absolute atomic E-state index is 12.3. The molecule has 2 saturated heterocycles. The largest absolute Gasteiger partial charge is 0.395 e. The lowest BCUT2D eigenvalue weighted by Crippen LogP contribution is -2.47. The fourth-order valence-electron chi connectivity index (χ4n) is 2.14. The van der Waals surface area contributed by atoms with Crippen molar-refractivity contribution in [1.29, 1.82) is 0 Å². The molecule has 2 nitrogen and oxygen atoms in total. The van der Waals surface area contributed by atoms with Crippen LogP contribution in [0.3, 0.4) is 0 Å². The van der Waals surface area contributed by atoms with E-state index in [1.807, 2.05) is 0 Å². The number of alkyl halides is 3. The Kier molecular flexibility index (Phi) is 1.63. The van der Waals surface area contributed by atoms with E-state index in [0.29, 0.717) is 12.8 Å². The second-order valence-corrected chi connectivity index (χ2v) is 3.44. The van der Waals surface area contributed by atoms with Crippen molar-refractivity contribution in [3.05, 3.63) is 0 Å². The Balaban J connectivity index is 2.17. The van der Waals surface area contributed by atoms with E-state index in [4.69, 9.17) is 10.5 Å². The van der Waals surface area contributed by atoms with Crippen molar-refractivity contribution in [2.45, 2.75) is 37.3 Å². The molecule has 0 unspecified atom stereocenters. The van der Waals surface area contributed by atoms with Gasteiger partial charge in [0.1, 0.15) is 0 Å². The lowest BCUT2D eigenvalue weighted by molar-refractivity contribution is -0.188. The zero-order valence-electron chi connectivity index (χ0n) is 6.34. The smallest absolute Gasteiger partial charge is 0.373 e. The van der Waals surface area contributed by atoms with E-state index in [0.717, 1.165) is 0 Å². The highest BCUT2D eigenvalue weighted by atomic mass is 19.4. The monoisotopic (exact) mass is 181 g/mol. The summed E-state index contributed by atoms with van der Waals surface area (Å²) in [6.45, 7) is 0. The van der Waals surface area contributed by atoms with Crippen molar-refractivity contribution < 1.29 is 17.9 Å². The third-order valence-electron chi connectivity index (χ3n) is 2.71. The highest BCUT2D eigenvalue weighted by molar-refractivity contribution is 5.01. The number of halogens is 3. The van der Waals surface area contributed by atoms with Crippen LogP contribution in [0, 0.1) is 5.92 Å². The molecule has 2 bridgehead atoms. The van der Waals surface area contributed by atoms with Crippen LogP contribution in [0.1, 0.15) is 12.8 Å². The summed E-state index contributed by atoms with van der Waals surface area (Å²) in [5.41, 5.74) is 5.41. The van der Waals surface area contributed by atoms with E-state index in [1.54, 1.807) is 0 Å². The average Bonchev–Trinajstić information content (AvgIpc) is 2.42. The van der Waals surface area contributed by atoms with E-state index < -0.39 is 24.2 Å². The second kappa shape index (κ2) is 2.35. The van der Waals surface area contributed by atoms with Crippen molar-refractivity contribution in [1.82, 2.24) is 0 Å². The van der Waals surface area contributed by atoms with Crippen LogP contribution in [0.25, 0.3) is 0 Å². The quantitative estimate of drug-likeness (QED) is 0.606. The molecular formula is C7H10F3NO. The molecule has 2 fully saturated rings. The number of nitrogens with two attached hydrogens (primary N) is 1. The average molecular weight is 181 g/mol. The summed E-state index contributed by atoms with van der Waals surface area (Å²) in [4.78, 5) is 0. The zero-order chi connectivity index (χ0) is 8.93. The molecule has 0 aromatic heterocycles. The molecule has 0 radical (unpaired) electrons. The predicted octanol–water partition coefficient (Wildman–Crippen LogP) is 1.05. The zero-order valence-corrected chi connectivity index (χ0v) is 6.34. The standard InChI is InChI=1S/C7H10F3NO/c8-7(9,10)5-3-1-2-4(12-3)6(5)11/h3-6H,1-2,11H2/t3-,4-,5+,6-/m1/s1. The molecule has 0 aromatic rings. The minimum atomic E-state index is -4.20. The first-order valence-corrected chi connectivity index (χ1v) is 3.98. The van der Waals surface area contributed by atoms with E-state index in [1.165, 1.54) is 0 Å². The van der Waals surface area contributed by atoms with Crippen LogP contribution in [0.15, 0.2) is 0 Å². The lowest BCUT2D eigenvalue weighted by atomic mass is 9.85. The molecule has 2 rings (SSSR count). The Hall–Kier alpha value is -0.290. The molecule has 2 aliphatic rings. The molecular weight excluding hydrogens is 171 g/mol. The lowest BCUT2D eigenvalue weighted by Gasteiger charge is -2.26. The maximum atomic E-state index is 12.3. The fraction of sp³-hybridized carbons (Fsp3) is 1.00. The third-order valence-corrected chi connectivity index (χ3v) is 2.71. The summed E-state index contributed by atoms with van der Waals surface area (Å²) < 4.78 is 42.0. The first kappa shape index (κ1) is 8.31. The van der Waals surface area contributed by atoms with Gasteiger partial charge in [-0.15, -0.1) is 0 Å². The predicted molar refractivity (Wildman–Crippen MR) is 35.4 cm³/mol. The van der Waals surface area contributed by atoms with Crippen molar-refractivity contribution in [3.63, 3.8) is 0 Å². The number of ether oxygens (including phenoxy) is 1. The summed E-state index contributed by atoms with van der Waals surface area (Å²) in [5, 5.41) is 0. The number of hydrogen-bond donors (Lipinski definition) is 1. The molecule has 4 atom stereocenters. The van der Waals surface area contributed by atoms with Crippen LogP contribution in [-0.4, -0.2) is 24.4 Å². The molecule has 0 aromatic carbocycles. The van der Waals surface area contributed by atoms with Gasteiger partial charge in [-0.2, -0.15) is 13.2 Å². The first-order chi connectivity index (χ1) is 5.50. The number of hydrogen-bond acceptors (Lipinski definition) is 2. The van der Waals surface area contributed by atoms with Crippen LogP contribution in [0.2, 0.25) is 0 Å². The van der Waals surface area contributed by atoms with Crippen LogP contribution in [0.4, 0.5) is 13.2 Å². The summed E-state index contributed by atoms with van der Waals surface area (Å²) in [6.07, 6.45) is -4.05. The summed E-state index contributed by atoms with van der Waals surface area (Å²) in [6, 6.07) is -0.844. The van der Waals surface area contributed by atoms with Gasteiger partial charge in [0.25, 0.3) is 0 Å². The van der Waals surface area contributed by atoms with Crippen LogP contribution < -0.4 is 5.73 Å². The molecule has 12 heavy (non-hydrogen) atoms. The molecule has 2 aliphatic heterocycles. The minimum Gasteiger partial charge on any atom is -0.373 e. The van der Waals surface area contributed by atoms with Crippen LogP contribution >= 0.6 is 0 Å². The van der Waals surface area contributed by atoms with Gasteiger partial charge in [-0.3, -0.25) is 0 Å². The summed E-state index contributed by atoms with van der Waals surface area (Å²) >= 11 is 0. The number of fused-ring (bicyclic) bond motifs is 2. The van der Waals surface area contributed by atoms with E-state index in [2.05, 4.69) is 0 Å². The van der Waals surface area contributed by atoms with Gasteiger partial charge >= 0.3 is 6.18 Å². The van der Waals surface area contributed by atoms with Crippen LogP contribution in [0.5, 0.6) is 0 Å². The van der Waals surface area contributed by atoms with E-state index >= 15 is 0 Å². The highest BCUT2D eigenvalue weighted by Gasteiger charge is 2.58. The minimum absolute atomic E-state index is 0.360. The van der Waals surface area contributed by atoms with Crippen molar-refractivity contribution >= 4 is 0 Å². The van der Waals surface area contributed by atoms with Gasteiger partial charge in [0.2, 0.25) is 0 Å². The molecule has 2 N–H and O–H groups in total. The first-order valence-electron chi connectivity index (χ1n) is 3.98. The van der Waals surface area contributed by atoms with Crippen LogP contribution in [-0.2, 0) is 4.74 Å². The molecule has 5 heteroatoms. The van der Waals surface area contributed by atoms with E-state index in [-0.39, 0.29) is 6.10 Å². The maximum Gasteiger partial charge on any atom is 0.395 e. The topological polar surface area (TPSA) is 35.2 Å². The Labute approximate surface area is 67.9 Å². The third kappa shape index (κ3) is 1.03. The highest BCUT2D eigenvalue weighted by Crippen LogP contribution is 2.45. The van der Waals surface area contributed by atoms with Gasteiger partial charge in [-0.1, -0.05) is 0 Å². The van der Waals surface area contributed by atoms with Gasteiger partial charge in [0.15, 0.2) is 0 Å². The second-order valence-electron chi connectivity index (χ2n) is 3.44. The van der Waals surface area contributed by atoms with Gasteiger partial charge in [0, 0.05) is 6.04 Å². The molecule has 0 spiro atoms. The Morgan fingerprint density at radius 3 is 2.08 bits per heavy atom. The van der Waals surface area contributed by atoms with Crippen molar-refractivity contribution in [3.8, 4) is 0 Å². The summed E-state index contributed by atoms with van der Waals surface area (Å²) in [5.74, 6) is -1.43. The number of rotatable bonds is 0. The van der Waals surface area contributed by atoms with Gasteiger partial charge in [-0.05, 0) is 12.8 Å². The summed E-state index contributed by atoms with van der Waals surface area (Å²) in [7, 11) is 0. The van der Waals surface area contributed by atoms with Gasteiger partial charge in [0.05, 0.1) is 18.1 Å². The molecule has 2 heterocycles. The molecule has 0 amide bonds. The SMILES string of the molecule is N[C@H]1[C@@H](C(F)(F)F)[C@H]2CC[C@H]1O2. The molecule has 0 aliphatic carbocycles.